The van der Waals surface area contributed by atoms with Crippen LogP contribution in [-0.2, 0) is 0 Å². The molecule has 0 aliphatic rings. The maximum Gasteiger partial charge on any atom is 0.387 e. The fraction of sp³-hybridized carbons (Fsp3) is 0.0526. The summed E-state index contributed by atoms with van der Waals surface area (Å²) in [6, 6.07) is 15.5. The predicted octanol–water partition coefficient (Wildman–Crippen LogP) is 4.85. The van der Waals surface area contributed by atoms with Crippen LogP contribution in [0.2, 0.25) is 0 Å². The quantitative estimate of drug-likeness (QED) is 0.634. The Morgan fingerprint density at radius 1 is 0.889 bits per heavy atom. The molecule has 0 atom stereocenters. The van der Waals surface area contributed by atoms with Crippen molar-refractivity contribution < 1.29 is 23.1 Å². The number of rotatable bonds is 6. The number of anilines is 2. The Kier molecular flexibility index (Phi) is 5.77. The highest BCUT2D eigenvalue weighted by molar-refractivity contribution is 7.12. The Bertz CT molecular complexity index is 928. The first kappa shape index (κ1) is 18.5. The van der Waals surface area contributed by atoms with E-state index in [9.17, 15) is 18.4 Å². The van der Waals surface area contributed by atoms with Crippen LogP contribution < -0.4 is 15.4 Å². The second kappa shape index (κ2) is 8.41. The van der Waals surface area contributed by atoms with E-state index in [1.165, 1.54) is 35.6 Å². The van der Waals surface area contributed by atoms with Crippen LogP contribution in [0.3, 0.4) is 0 Å². The minimum absolute atomic E-state index is 0.00119. The number of carbonyl (C=O) groups is 2. The van der Waals surface area contributed by atoms with E-state index in [4.69, 9.17) is 0 Å². The highest BCUT2D eigenvalue weighted by Gasteiger charge is 2.11. The molecule has 0 bridgehead atoms. The Balaban J connectivity index is 1.65. The van der Waals surface area contributed by atoms with E-state index < -0.39 is 12.5 Å². The van der Waals surface area contributed by atoms with Crippen molar-refractivity contribution in [3.8, 4) is 5.75 Å². The van der Waals surface area contributed by atoms with Gasteiger partial charge in [-0.1, -0.05) is 12.1 Å². The smallest absolute Gasteiger partial charge is 0.387 e. The summed E-state index contributed by atoms with van der Waals surface area (Å²) in [6.07, 6.45) is 0. The zero-order valence-corrected chi connectivity index (χ0v) is 14.6. The lowest BCUT2D eigenvalue weighted by Gasteiger charge is -2.09. The molecule has 5 nitrogen and oxygen atoms in total. The lowest BCUT2D eigenvalue weighted by Crippen LogP contribution is -2.14. The fourth-order valence-electron chi connectivity index (χ4n) is 2.26. The molecule has 1 heterocycles. The van der Waals surface area contributed by atoms with Crippen LogP contribution in [0.4, 0.5) is 20.2 Å². The molecule has 138 valence electrons. The van der Waals surface area contributed by atoms with Gasteiger partial charge in [0.15, 0.2) is 0 Å². The SMILES string of the molecule is O=C(Nc1ccc(OC(F)F)cc1)c1cccc(NC(=O)c2cccs2)c1. The van der Waals surface area contributed by atoms with Gasteiger partial charge in [0, 0.05) is 16.9 Å². The van der Waals surface area contributed by atoms with Crippen molar-refractivity contribution >= 4 is 34.5 Å². The molecule has 2 N–H and O–H groups in total. The monoisotopic (exact) mass is 388 g/mol. The normalized spacial score (nSPS) is 10.5. The highest BCUT2D eigenvalue weighted by atomic mass is 32.1. The summed E-state index contributed by atoms with van der Waals surface area (Å²) in [5, 5.41) is 7.19. The molecular formula is C19H14F2N2O3S. The molecule has 0 aliphatic carbocycles. The van der Waals surface area contributed by atoms with Crippen molar-refractivity contribution in [3.63, 3.8) is 0 Å². The van der Waals surface area contributed by atoms with Gasteiger partial charge in [0.1, 0.15) is 5.75 Å². The summed E-state index contributed by atoms with van der Waals surface area (Å²) in [5.74, 6) is -0.650. The fourth-order valence-corrected chi connectivity index (χ4v) is 2.88. The number of hydrogen-bond donors (Lipinski definition) is 2. The molecule has 1 aromatic heterocycles. The molecule has 0 saturated carbocycles. The lowest BCUT2D eigenvalue weighted by atomic mass is 10.1. The molecule has 0 fully saturated rings. The van der Waals surface area contributed by atoms with Gasteiger partial charge >= 0.3 is 6.61 Å². The van der Waals surface area contributed by atoms with Gasteiger partial charge in [0.05, 0.1) is 4.88 Å². The van der Waals surface area contributed by atoms with Crippen LogP contribution in [0.15, 0.2) is 66.0 Å². The van der Waals surface area contributed by atoms with E-state index in [0.717, 1.165) is 0 Å². The number of hydrogen-bond acceptors (Lipinski definition) is 4. The molecule has 2 aromatic carbocycles. The molecule has 3 aromatic rings. The second-order valence-electron chi connectivity index (χ2n) is 5.37. The van der Waals surface area contributed by atoms with E-state index in [0.29, 0.717) is 21.8 Å². The third-order valence-electron chi connectivity index (χ3n) is 3.46. The summed E-state index contributed by atoms with van der Waals surface area (Å²) in [5.41, 5.74) is 1.25. The number of carbonyl (C=O) groups excluding carboxylic acids is 2. The van der Waals surface area contributed by atoms with Crippen molar-refractivity contribution in [2.75, 3.05) is 10.6 Å². The van der Waals surface area contributed by atoms with E-state index in [-0.39, 0.29) is 11.7 Å². The van der Waals surface area contributed by atoms with Crippen LogP contribution in [0.25, 0.3) is 0 Å². The molecule has 27 heavy (non-hydrogen) atoms. The first-order valence-corrected chi connectivity index (χ1v) is 8.70. The molecule has 0 spiro atoms. The van der Waals surface area contributed by atoms with Gasteiger partial charge in [0.25, 0.3) is 11.8 Å². The zero-order valence-electron chi connectivity index (χ0n) is 13.8. The number of amides is 2. The van der Waals surface area contributed by atoms with Gasteiger partial charge in [-0.05, 0) is 53.9 Å². The summed E-state index contributed by atoms with van der Waals surface area (Å²) in [4.78, 5) is 25.0. The average Bonchev–Trinajstić information content (AvgIpc) is 3.18. The Hall–Kier alpha value is -3.26. The van der Waals surface area contributed by atoms with Crippen LogP contribution in [0.1, 0.15) is 20.0 Å². The van der Waals surface area contributed by atoms with E-state index in [1.54, 1.807) is 41.8 Å². The van der Waals surface area contributed by atoms with Gasteiger partial charge in [-0.2, -0.15) is 8.78 Å². The molecule has 2 amide bonds. The number of benzene rings is 2. The van der Waals surface area contributed by atoms with Crippen molar-refractivity contribution in [2.45, 2.75) is 6.61 Å². The second-order valence-corrected chi connectivity index (χ2v) is 6.32. The third-order valence-corrected chi connectivity index (χ3v) is 4.33. The Morgan fingerprint density at radius 2 is 1.63 bits per heavy atom. The summed E-state index contributed by atoms with van der Waals surface area (Å²) in [7, 11) is 0. The van der Waals surface area contributed by atoms with Crippen molar-refractivity contribution in [1.29, 1.82) is 0 Å². The lowest BCUT2D eigenvalue weighted by molar-refractivity contribution is -0.0498. The summed E-state index contributed by atoms with van der Waals surface area (Å²) < 4.78 is 28.6. The molecule has 3 rings (SSSR count). The topological polar surface area (TPSA) is 67.4 Å². The maximum atomic E-state index is 12.4. The van der Waals surface area contributed by atoms with Gasteiger partial charge < -0.3 is 15.4 Å². The number of alkyl halides is 2. The first-order chi connectivity index (χ1) is 13.0. The molecule has 0 aliphatic heterocycles. The number of thiophene rings is 1. The number of nitrogens with one attached hydrogen (secondary N) is 2. The third kappa shape index (κ3) is 5.11. The van der Waals surface area contributed by atoms with Crippen molar-refractivity contribution in [3.05, 3.63) is 76.5 Å². The minimum Gasteiger partial charge on any atom is -0.435 e. The molecule has 0 radical (unpaired) electrons. The van der Waals surface area contributed by atoms with Crippen LogP contribution in [-0.4, -0.2) is 18.4 Å². The Labute approximate surface area is 157 Å². The minimum atomic E-state index is -2.91. The van der Waals surface area contributed by atoms with Crippen LogP contribution >= 0.6 is 11.3 Å². The van der Waals surface area contributed by atoms with Gasteiger partial charge in [-0.15, -0.1) is 11.3 Å². The van der Waals surface area contributed by atoms with Crippen molar-refractivity contribution in [1.82, 2.24) is 0 Å². The van der Waals surface area contributed by atoms with Crippen molar-refractivity contribution in [2.24, 2.45) is 0 Å². The average molecular weight is 388 g/mol. The molecule has 0 unspecified atom stereocenters. The number of ether oxygens (including phenoxy) is 1. The maximum absolute atomic E-state index is 12.4. The van der Waals surface area contributed by atoms with E-state index >= 15 is 0 Å². The number of halogens is 2. The largest absolute Gasteiger partial charge is 0.435 e. The molecular weight excluding hydrogens is 374 g/mol. The molecule has 8 heteroatoms. The first-order valence-electron chi connectivity index (χ1n) is 7.82. The highest BCUT2D eigenvalue weighted by Crippen LogP contribution is 2.19. The summed E-state index contributed by atoms with van der Waals surface area (Å²) >= 11 is 1.32. The predicted molar refractivity (Wildman–Crippen MR) is 99.7 cm³/mol. The van der Waals surface area contributed by atoms with Gasteiger partial charge in [0.2, 0.25) is 0 Å². The molecule has 0 saturated heterocycles. The van der Waals surface area contributed by atoms with Gasteiger partial charge in [-0.3, -0.25) is 9.59 Å². The van der Waals surface area contributed by atoms with E-state index in [1.807, 2.05) is 0 Å². The standard InChI is InChI=1S/C19H14F2N2O3S/c20-19(21)26-15-8-6-13(7-9-15)22-17(24)12-3-1-4-14(11-12)23-18(25)16-5-2-10-27-16/h1-11,19H,(H,22,24)(H,23,25). The Morgan fingerprint density at radius 3 is 2.30 bits per heavy atom. The van der Waals surface area contributed by atoms with E-state index in [2.05, 4.69) is 15.4 Å². The van der Waals surface area contributed by atoms with Crippen LogP contribution in [0.5, 0.6) is 5.75 Å². The summed E-state index contributed by atoms with van der Waals surface area (Å²) in [6.45, 7) is -2.91. The van der Waals surface area contributed by atoms with Crippen LogP contribution in [0, 0.1) is 0 Å². The zero-order chi connectivity index (χ0) is 19.2. The van der Waals surface area contributed by atoms with Gasteiger partial charge in [-0.25, -0.2) is 0 Å².